The first kappa shape index (κ1) is 18.9. The lowest BCUT2D eigenvalue weighted by Crippen LogP contribution is -2.28. The van der Waals surface area contributed by atoms with Gasteiger partial charge in [0.05, 0.1) is 18.4 Å². The van der Waals surface area contributed by atoms with Crippen molar-refractivity contribution in [1.29, 1.82) is 0 Å². The number of carbonyl (C=O) groups is 2. The van der Waals surface area contributed by atoms with E-state index in [0.717, 1.165) is 24.1 Å². The third kappa shape index (κ3) is 3.17. The fourth-order valence-electron chi connectivity index (χ4n) is 4.39. The summed E-state index contributed by atoms with van der Waals surface area (Å²) in [5.74, 6) is -0.797. The monoisotopic (exact) mass is 419 g/mol. The molecule has 1 amide bonds. The molecule has 0 spiro atoms. The summed E-state index contributed by atoms with van der Waals surface area (Å²) in [6.07, 6.45) is 5.85. The molecule has 3 aromatic rings. The summed E-state index contributed by atoms with van der Waals surface area (Å²) in [6, 6.07) is 12.5. The maximum atomic E-state index is 13.0. The van der Waals surface area contributed by atoms with Gasteiger partial charge in [0.2, 0.25) is 0 Å². The Bertz CT molecular complexity index is 1130. The zero-order valence-electron chi connectivity index (χ0n) is 16.3. The number of hydrogen-bond donors (Lipinski definition) is 1. The van der Waals surface area contributed by atoms with Crippen LogP contribution in [0.3, 0.4) is 0 Å². The Morgan fingerprint density at radius 3 is 2.67 bits per heavy atom. The molecule has 30 heavy (non-hydrogen) atoms. The standard InChI is InChI=1S/C24H21NO4S/c26-22(17-10-9-15-5-1-2-6-16(15)13-17)20-21(19-8-4-12-30-19)25(24(28)23(20)27)14-18-7-3-11-29-18/h3-4,7-13,21,26H,1-2,5-6,14H2/b22-20-. The predicted octanol–water partition coefficient (Wildman–Crippen LogP) is 4.84. The Morgan fingerprint density at radius 2 is 1.93 bits per heavy atom. The summed E-state index contributed by atoms with van der Waals surface area (Å²) in [5, 5.41) is 13.1. The van der Waals surface area contributed by atoms with Crippen LogP contribution in [0.4, 0.5) is 0 Å². The van der Waals surface area contributed by atoms with E-state index in [0.29, 0.717) is 11.3 Å². The summed E-state index contributed by atoms with van der Waals surface area (Å²) in [7, 11) is 0. The van der Waals surface area contributed by atoms with E-state index < -0.39 is 17.7 Å². The number of thiophene rings is 1. The van der Waals surface area contributed by atoms with Crippen LogP contribution in [0.1, 0.15) is 46.2 Å². The number of aliphatic hydroxyl groups is 1. The minimum absolute atomic E-state index is 0.109. The smallest absolute Gasteiger partial charge is 0.296 e. The molecule has 1 fully saturated rings. The van der Waals surface area contributed by atoms with Crippen molar-refractivity contribution in [2.45, 2.75) is 38.3 Å². The fourth-order valence-corrected chi connectivity index (χ4v) is 5.24. The lowest BCUT2D eigenvalue weighted by molar-refractivity contribution is -0.140. The highest BCUT2D eigenvalue weighted by molar-refractivity contribution is 7.10. The second-order valence-electron chi connectivity index (χ2n) is 7.71. The average Bonchev–Trinajstić information content (AvgIpc) is 3.52. The van der Waals surface area contributed by atoms with Crippen LogP contribution >= 0.6 is 11.3 Å². The molecule has 2 aromatic heterocycles. The molecule has 1 saturated heterocycles. The number of furan rings is 1. The lowest BCUT2D eigenvalue weighted by atomic mass is 9.89. The molecule has 1 N–H and O–H groups in total. The van der Waals surface area contributed by atoms with Gasteiger partial charge in [-0.25, -0.2) is 0 Å². The zero-order chi connectivity index (χ0) is 20.7. The molecule has 1 aromatic carbocycles. The van der Waals surface area contributed by atoms with Gasteiger partial charge < -0.3 is 14.4 Å². The number of Topliss-reactive ketones (excluding diaryl/α,β-unsaturated/α-hetero) is 1. The molecule has 1 unspecified atom stereocenters. The molecular weight excluding hydrogens is 398 g/mol. The van der Waals surface area contributed by atoms with Crippen LogP contribution < -0.4 is 0 Å². The minimum atomic E-state index is -0.657. The van der Waals surface area contributed by atoms with Gasteiger partial charge in [0.25, 0.3) is 11.7 Å². The van der Waals surface area contributed by atoms with Crippen molar-refractivity contribution in [3.8, 4) is 0 Å². The molecule has 3 heterocycles. The first-order chi connectivity index (χ1) is 14.6. The van der Waals surface area contributed by atoms with Crippen LogP contribution in [-0.2, 0) is 29.0 Å². The summed E-state index contributed by atoms with van der Waals surface area (Å²) < 4.78 is 5.41. The number of fused-ring (bicyclic) bond motifs is 1. The van der Waals surface area contributed by atoms with E-state index in [1.165, 1.54) is 33.8 Å². The van der Waals surface area contributed by atoms with E-state index in [2.05, 4.69) is 0 Å². The molecule has 1 atom stereocenters. The van der Waals surface area contributed by atoms with Gasteiger partial charge in [0.15, 0.2) is 0 Å². The van der Waals surface area contributed by atoms with Crippen LogP contribution in [0.15, 0.2) is 64.1 Å². The van der Waals surface area contributed by atoms with Gasteiger partial charge >= 0.3 is 0 Å². The van der Waals surface area contributed by atoms with Crippen molar-refractivity contribution < 1.29 is 19.1 Å². The van der Waals surface area contributed by atoms with Crippen molar-refractivity contribution in [3.05, 3.63) is 87.0 Å². The molecular formula is C24H21NO4S. The van der Waals surface area contributed by atoms with Crippen LogP contribution in [0.2, 0.25) is 0 Å². The molecule has 1 aliphatic carbocycles. The summed E-state index contributed by atoms with van der Waals surface area (Å²) in [4.78, 5) is 28.2. The Kier molecular flexibility index (Phi) is 4.79. The Balaban J connectivity index is 1.61. The number of aliphatic hydroxyl groups excluding tert-OH is 1. The number of rotatable bonds is 4. The van der Waals surface area contributed by atoms with Crippen LogP contribution in [-0.4, -0.2) is 21.7 Å². The number of amides is 1. The average molecular weight is 420 g/mol. The Morgan fingerprint density at radius 1 is 1.10 bits per heavy atom. The molecule has 152 valence electrons. The molecule has 2 aliphatic rings. The SMILES string of the molecule is O=C1C(=O)N(Cc2ccco2)C(c2cccs2)/C1=C(/O)c1ccc2c(c1)CCCC2. The van der Waals surface area contributed by atoms with Crippen molar-refractivity contribution >= 4 is 28.8 Å². The quantitative estimate of drug-likeness (QED) is 0.373. The van der Waals surface area contributed by atoms with Gasteiger partial charge in [-0.1, -0.05) is 18.2 Å². The molecule has 0 radical (unpaired) electrons. The normalized spacial score (nSPS) is 20.5. The minimum Gasteiger partial charge on any atom is -0.507 e. The third-order valence-corrected chi connectivity index (χ3v) is 6.81. The fraction of sp³-hybridized carbons (Fsp3) is 0.250. The number of benzene rings is 1. The Labute approximate surface area is 178 Å². The number of likely N-dealkylation sites (tertiary alicyclic amines) is 1. The van der Waals surface area contributed by atoms with Crippen molar-refractivity contribution in [1.82, 2.24) is 4.90 Å². The van der Waals surface area contributed by atoms with Gasteiger partial charge in [-0.15, -0.1) is 11.3 Å². The molecule has 6 heteroatoms. The van der Waals surface area contributed by atoms with Crippen molar-refractivity contribution in [3.63, 3.8) is 0 Å². The number of nitrogens with zero attached hydrogens (tertiary/aromatic N) is 1. The largest absolute Gasteiger partial charge is 0.507 e. The first-order valence-electron chi connectivity index (χ1n) is 10.1. The predicted molar refractivity (Wildman–Crippen MR) is 114 cm³/mol. The highest BCUT2D eigenvalue weighted by Gasteiger charge is 2.46. The second kappa shape index (κ2) is 7.61. The Hall–Kier alpha value is -3.12. The van der Waals surface area contributed by atoms with E-state index >= 15 is 0 Å². The molecule has 5 nitrogen and oxygen atoms in total. The van der Waals surface area contributed by atoms with Crippen LogP contribution in [0.5, 0.6) is 0 Å². The van der Waals surface area contributed by atoms with Gasteiger partial charge in [-0.3, -0.25) is 9.59 Å². The number of aryl methyl sites for hydroxylation is 2. The third-order valence-electron chi connectivity index (χ3n) is 5.88. The maximum Gasteiger partial charge on any atom is 0.296 e. The number of hydrogen-bond acceptors (Lipinski definition) is 5. The van der Waals surface area contributed by atoms with E-state index in [1.807, 2.05) is 35.7 Å². The molecule has 0 saturated carbocycles. The summed E-state index contributed by atoms with van der Waals surface area (Å²) >= 11 is 1.46. The van der Waals surface area contributed by atoms with Crippen molar-refractivity contribution in [2.75, 3.05) is 0 Å². The summed E-state index contributed by atoms with van der Waals surface area (Å²) in [6.45, 7) is 0.168. The molecule has 5 rings (SSSR count). The van der Waals surface area contributed by atoms with E-state index in [1.54, 1.807) is 18.4 Å². The molecule has 1 aliphatic heterocycles. The van der Waals surface area contributed by atoms with Gasteiger partial charge in [0, 0.05) is 10.4 Å². The number of ketones is 1. The number of carbonyl (C=O) groups excluding carboxylic acids is 2. The van der Waals surface area contributed by atoms with E-state index in [-0.39, 0.29) is 17.9 Å². The zero-order valence-corrected chi connectivity index (χ0v) is 17.2. The molecule has 0 bridgehead atoms. The topological polar surface area (TPSA) is 70.8 Å². The highest BCUT2D eigenvalue weighted by Crippen LogP contribution is 2.42. The van der Waals surface area contributed by atoms with Gasteiger partial charge in [0.1, 0.15) is 17.6 Å². The second-order valence-corrected chi connectivity index (χ2v) is 8.69. The van der Waals surface area contributed by atoms with Gasteiger partial charge in [-0.05, 0) is 66.5 Å². The maximum absolute atomic E-state index is 13.0. The van der Waals surface area contributed by atoms with Gasteiger partial charge in [-0.2, -0.15) is 0 Å². The van der Waals surface area contributed by atoms with Crippen molar-refractivity contribution in [2.24, 2.45) is 0 Å². The lowest BCUT2D eigenvalue weighted by Gasteiger charge is -2.23. The highest BCUT2D eigenvalue weighted by atomic mass is 32.1. The van der Waals surface area contributed by atoms with E-state index in [9.17, 15) is 14.7 Å². The summed E-state index contributed by atoms with van der Waals surface area (Å²) in [5.41, 5.74) is 3.24. The van der Waals surface area contributed by atoms with Crippen LogP contribution in [0.25, 0.3) is 5.76 Å². The van der Waals surface area contributed by atoms with Crippen LogP contribution in [0, 0.1) is 0 Å². The first-order valence-corrected chi connectivity index (χ1v) is 11.0. The van der Waals surface area contributed by atoms with E-state index in [4.69, 9.17) is 4.42 Å².